The number of nitrogens with zero attached hydrogens (tertiary/aromatic N) is 2. The number of hydrazine groups is 1. The number of nitrogens with two attached hydrogens (primary N) is 1. The minimum Gasteiger partial charge on any atom is -0.464 e. The molecular formula is C12H17N5O. The number of aromatic nitrogens is 2. The van der Waals surface area contributed by atoms with Gasteiger partial charge in [-0.3, -0.25) is 0 Å². The molecule has 2 aromatic heterocycles. The summed E-state index contributed by atoms with van der Waals surface area (Å²) in [5.74, 6) is 9.03. The molecule has 0 aliphatic rings. The van der Waals surface area contributed by atoms with E-state index in [4.69, 9.17) is 10.3 Å². The lowest BCUT2D eigenvalue weighted by molar-refractivity contribution is 0.466. The Bertz CT molecular complexity index is 537. The third-order valence-electron chi connectivity index (χ3n) is 2.54. The maximum absolute atomic E-state index is 5.56. The van der Waals surface area contributed by atoms with E-state index in [-0.39, 0.29) is 6.04 Å². The molecule has 0 aromatic carbocycles. The summed E-state index contributed by atoms with van der Waals surface area (Å²) in [6.07, 6.45) is 0. The number of nitrogens with one attached hydrogen (secondary N) is 2. The molecule has 0 fully saturated rings. The van der Waals surface area contributed by atoms with Crippen LogP contribution in [0.4, 0.5) is 11.6 Å². The average Bonchev–Trinajstić information content (AvgIpc) is 2.75. The molecule has 1 unspecified atom stereocenters. The van der Waals surface area contributed by atoms with E-state index in [1.165, 1.54) is 0 Å². The molecule has 1 atom stereocenters. The summed E-state index contributed by atoms with van der Waals surface area (Å²) in [5, 5.41) is 3.25. The van der Waals surface area contributed by atoms with Gasteiger partial charge in [0.2, 0.25) is 0 Å². The van der Waals surface area contributed by atoms with Crippen molar-refractivity contribution in [2.24, 2.45) is 5.84 Å². The van der Waals surface area contributed by atoms with Crippen LogP contribution in [0.25, 0.3) is 0 Å². The van der Waals surface area contributed by atoms with Gasteiger partial charge in [-0.05, 0) is 32.9 Å². The molecule has 0 saturated heterocycles. The van der Waals surface area contributed by atoms with Crippen LogP contribution in [0.15, 0.2) is 22.6 Å². The number of furan rings is 1. The van der Waals surface area contributed by atoms with Crippen molar-refractivity contribution >= 4 is 11.6 Å². The molecule has 6 heteroatoms. The van der Waals surface area contributed by atoms with Gasteiger partial charge >= 0.3 is 0 Å². The topological polar surface area (TPSA) is 89.0 Å². The Kier molecular flexibility index (Phi) is 3.47. The fourth-order valence-corrected chi connectivity index (χ4v) is 1.69. The molecule has 0 spiro atoms. The molecule has 18 heavy (non-hydrogen) atoms. The van der Waals surface area contributed by atoms with Crippen molar-refractivity contribution in [1.82, 2.24) is 9.97 Å². The minimum absolute atomic E-state index is 0.0265. The van der Waals surface area contributed by atoms with Crippen molar-refractivity contribution in [1.29, 1.82) is 0 Å². The van der Waals surface area contributed by atoms with E-state index in [0.29, 0.717) is 17.5 Å². The highest BCUT2D eigenvalue weighted by atomic mass is 16.3. The highest BCUT2D eigenvalue weighted by Gasteiger charge is 2.10. The van der Waals surface area contributed by atoms with Crippen LogP contribution < -0.4 is 16.6 Å². The van der Waals surface area contributed by atoms with Gasteiger partial charge in [0.1, 0.15) is 29.0 Å². The molecule has 2 heterocycles. The number of hydrogen-bond acceptors (Lipinski definition) is 6. The summed E-state index contributed by atoms with van der Waals surface area (Å²) in [5.41, 5.74) is 2.51. The predicted molar refractivity (Wildman–Crippen MR) is 70.1 cm³/mol. The van der Waals surface area contributed by atoms with Crippen molar-refractivity contribution in [3.05, 3.63) is 35.5 Å². The van der Waals surface area contributed by atoms with Crippen LogP contribution in [-0.4, -0.2) is 9.97 Å². The number of aryl methyl sites for hydroxylation is 2. The van der Waals surface area contributed by atoms with Crippen molar-refractivity contribution in [2.45, 2.75) is 26.8 Å². The van der Waals surface area contributed by atoms with Crippen LogP contribution in [0.5, 0.6) is 0 Å². The van der Waals surface area contributed by atoms with Gasteiger partial charge in [-0.25, -0.2) is 15.8 Å². The molecule has 0 saturated carbocycles. The summed E-state index contributed by atoms with van der Waals surface area (Å²) in [6, 6.07) is 5.66. The molecule has 0 aliphatic heterocycles. The smallest absolute Gasteiger partial charge is 0.145 e. The SMILES string of the molecule is Cc1nc(NN)cc(NC(C)c2ccc(C)o2)n1. The van der Waals surface area contributed by atoms with Crippen LogP contribution in [0.1, 0.15) is 30.3 Å². The van der Waals surface area contributed by atoms with Crippen LogP contribution in [0, 0.1) is 13.8 Å². The Balaban J connectivity index is 2.16. The second-order valence-electron chi connectivity index (χ2n) is 4.14. The van der Waals surface area contributed by atoms with E-state index in [2.05, 4.69) is 20.7 Å². The first-order valence-electron chi connectivity index (χ1n) is 5.73. The second kappa shape index (κ2) is 5.05. The lowest BCUT2D eigenvalue weighted by Crippen LogP contribution is -2.12. The number of hydrogen-bond donors (Lipinski definition) is 3. The van der Waals surface area contributed by atoms with Crippen LogP contribution >= 0.6 is 0 Å². The average molecular weight is 247 g/mol. The van der Waals surface area contributed by atoms with Crippen molar-refractivity contribution in [3.63, 3.8) is 0 Å². The molecular weight excluding hydrogens is 230 g/mol. The van der Waals surface area contributed by atoms with Crippen LogP contribution in [0.3, 0.4) is 0 Å². The zero-order valence-electron chi connectivity index (χ0n) is 10.7. The first-order chi connectivity index (χ1) is 8.58. The lowest BCUT2D eigenvalue weighted by atomic mass is 10.2. The predicted octanol–water partition coefficient (Wildman–Crippen LogP) is 2.15. The highest BCUT2D eigenvalue weighted by molar-refractivity contribution is 5.47. The molecule has 0 amide bonds. The summed E-state index contributed by atoms with van der Waals surface area (Å²) < 4.78 is 5.56. The van der Waals surface area contributed by atoms with E-state index < -0.39 is 0 Å². The molecule has 0 radical (unpaired) electrons. The number of nitrogen functional groups attached to an aromatic ring is 1. The van der Waals surface area contributed by atoms with Gasteiger partial charge in [-0.2, -0.15) is 0 Å². The molecule has 4 N–H and O–H groups in total. The number of anilines is 2. The lowest BCUT2D eigenvalue weighted by Gasteiger charge is -2.13. The monoisotopic (exact) mass is 247 g/mol. The normalized spacial score (nSPS) is 12.2. The third-order valence-corrected chi connectivity index (χ3v) is 2.54. The van der Waals surface area contributed by atoms with Crippen molar-refractivity contribution in [3.8, 4) is 0 Å². The Morgan fingerprint density at radius 1 is 1.22 bits per heavy atom. The Hall–Kier alpha value is -2.08. The minimum atomic E-state index is 0.0265. The van der Waals surface area contributed by atoms with Crippen molar-refractivity contribution < 1.29 is 4.42 Å². The maximum atomic E-state index is 5.56. The van der Waals surface area contributed by atoms with Gasteiger partial charge in [0, 0.05) is 6.07 Å². The molecule has 96 valence electrons. The van der Waals surface area contributed by atoms with Gasteiger partial charge in [-0.15, -0.1) is 0 Å². The van der Waals surface area contributed by atoms with Crippen LogP contribution in [-0.2, 0) is 0 Å². The quantitative estimate of drug-likeness (QED) is 0.566. The van der Waals surface area contributed by atoms with E-state index in [1.54, 1.807) is 6.07 Å². The fourth-order valence-electron chi connectivity index (χ4n) is 1.69. The first-order valence-corrected chi connectivity index (χ1v) is 5.73. The molecule has 2 rings (SSSR count). The van der Waals surface area contributed by atoms with Gasteiger partial charge in [0.15, 0.2) is 0 Å². The van der Waals surface area contributed by atoms with Gasteiger partial charge in [0.25, 0.3) is 0 Å². The second-order valence-corrected chi connectivity index (χ2v) is 4.14. The molecule has 2 aromatic rings. The van der Waals surface area contributed by atoms with E-state index in [1.807, 2.05) is 32.9 Å². The number of rotatable bonds is 4. The van der Waals surface area contributed by atoms with Crippen molar-refractivity contribution in [2.75, 3.05) is 10.7 Å². The Morgan fingerprint density at radius 3 is 2.56 bits per heavy atom. The van der Waals surface area contributed by atoms with E-state index in [9.17, 15) is 0 Å². The summed E-state index contributed by atoms with van der Waals surface area (Å²) in [6.45, 7) is 5.74. The zero-order valence-corrected chi connectivity index (χ0v) is 10.7. The first kappa shape index (κ1) is 12.4. The largest absolute Gasteiger partial charge is 0.464 e. The highest BCUT2D eigenvalue weighted by Crippen LogP contribution is 2.21. The molecule has 0 aliphatic carbocycles. The summed E-state index contributed by atoms with van der Waals surface area (Å²) in [4.78, 5) is 8.42. The Labute approximate surface area is 106 Å². The van der Waals surface area contributed by atoms with Gasteiger partial charge < -0.3 is 15.2 Å². The van der Waals surface area contributed by atoms with Crippen LogP contribution in [0.2, 0.25) is 0 Å². The standard InChI is InChI=1S/C12H17N5O/c1-7-4-5-10(18-7)8(2)14-11-6-12(17-13)16-9(3)15-11/h4-6,8H,13H2,1-3H3,(H2,14,15,16,17). The van der Waals surface area contributed by atoms with Gasteiger partial charge in [-0.1, -0.05) is 0 Å². The Morgan fingerprint density at radius 2 is 1.94 bits per heavy atom. The fraction of sp³-hybridized carbons (Fsp3) is 0.333. The summed E-state index contributed by atoms with van der Waals surface area (Å²) in [7, 11) is 0. The molecule has 0 bridgehead atoms. The van der Waals surface area contributed by atoms with E-state index >= 15 is 0 Å². The zero-order chi connectivity index (χ0) is 13.1. The summed E-state index contributed by atoms with van der Waals surface area (Å²) >= 11 is 0. The maximum Gasteiger partial charge on any atom is 0.145 e. The van der Waals surface area contributed by atoms with Gasteiger partial charge in [0.05, 0.1) is 6.04 Å². The van der Waals surface area contributed by atoms with E-state index in [0.717, 1.165) is 11.5 Å². The molecule has 6 nitrogen and oxygen atoms in total. The third kappa shape index (κ3) is 2.78.